The van der Waals surface area contributed by atoms with E-state index in [4.69, 9.17) is 18.5 Å². The topological polar surface area (TPSA) is 74.2 Å². The molecule has 158 valence electrons. The molecule has 0 bridgehead atoms. The van der Waals surface area contributed by atoms with Crippen molar-refractivity contribution in [2.24, 2.45) is 0 Å². The molecule has 0 fully saturated rings. The molecule has 1 unspecified atom stereocenters. The molecule has 2 rings (SSSR count). The summed E-state index contributed by atoms with van der Waals surface area (Å²) in [7, 11) is -3.63. The van der Waals surface area contributed by atoms with Gasteiger partial charge >= 0.3 is 19.7 Å². The second-order valence-corrected chi connectivity index (χ2v) is 7.50. The molecule has 0 spiro atoms. The van der Waals surface area contributed by atoms with Crippen molar-refractivity contribution in [3.8, 4) is 11.5 Å². The first-order valence-electron chi connectivity index (χ1n) is 8.06. The van der Waals surface area contributed by atoms with Crippen LogP contribution in [0.5, 0.6) is 11.5 Å². The third-order valence-electron chi connectivity index (χ3n) is 3.75. The predicted molar refractivity (Wildman–Crippen MR) is 87.5 cm³/mol. The first-order chi connectivity index (χ1) is 12.9. The van der Waals surface area contributed by atoms with Gasteiger partial charge in [0.05, 0.1) is 20.3 Å². The van der Waals surface area contributed by atoms with E-state index < -0.39 is 42.6 Å². The number of alkyl halides is 5. The number of para-hydroxylation sites is 1. The van der Waals surface area contributed by atoms with Crippen LogP contribution in [-0.2, 0) is 13.6 Å². The largest absolute Gasteiger partial charge is 0.493 e. The van der Waals surface area contributed by atoms with Gasteiger partial charge in [-0.2, -0.15) is 22.0 Å². The van der Waals surface area contributed by atoms with Gasteiger partial charge in [-0.15, -0.1) is 0 Å². The normalized spacial score (nSPS) is 18.0. The van der Waals surface area contributed by atoms with Gasteiger partial charge < -0.3 is 23.6 Å². The Morgan fingerprint density at radius 1 is 1.14 bits per heavy atom. The fourth-order valence-electron chi connectivity index (χ4n) is 2.59. The van der Waals surface area contributed by atoms with Crippen LogP contribution in [0.15, 0.2) is 29.3 Å². The Morgan fingerprint density at radius 3 is 2.18 bits per heavy atom. The Hall–Kier alpha value is -1.68. The number of aliphatic hydroxyl groups is 1. The summed E-state index contributed by atoms with van der Waals surface area (Å²) in [5.74, 6) is -8.41. The molecule has 0 saturated carbocycles. The molecule has 1 aromatic carbocycles. The zero-order valence-electron chi connectivity index (χ0n) is 15.0. The van der Waals surface area contributed by atoms with Crippen LogP contribution in [0.3, 0.4) is 0 Å². The smallest absolute Gasteiger partial charge is 0.461 e. The van der Waals surface area contributed by atoms with E-state index >= 15 is 0 Å². The molecule has 12 heteroatoms. The van der Waals surface area contributed by atoms with Gasteiger partial charge in [-0.3, -0.25) is 4.57 Å². The molecule has 1 aliphatic rings. The maximum absolute atomic E-state index is 14.3. The van der Waals surface area contributed by atoms with Crippen molar-refractivity contribution in [3.05, 3.63) is 34.8 Å². The summed E-state index contributed by atoms with van der Waals surface area (Å²) in [4.78, 5) is 0. The summed E-state index contributed by atoms with van der Waals surface area (Å²) in [5, 5.41) is 9.30. The lowest BCUT2D eigenvalue weighted by Crippen LogP contribution is -2.42. The number of aliphatic hydroxyl groups excluding tert-OH is 1. The molecule has 0 aliphatic carbocycles. The Balaban J connectivity index is 2.84. The molecule has 0 amide bonds. The number of methoxy groups -OCH3 is 1. The van der Waals surface area contributed by atoms with E-state index in [0.29, 0.717) is 0 Å². The minimum Gasteiger partial charge on any atom is -0.493 e. The van der Waals surface area contributed by atoms with E-state index in [2.05, 4.69) is 0 Å². The van der Waals surface area contributed by atoms with Crippen molar-refractivity contribution in [2.75, 3.05) is 20.3 Å². The molecule has 1 heterocycles. The molecule has 0 radical (unpaired) electrons. The second-order valence-electron chi connectivity index (χ2n) is 5.50. The number of rotatable bonds is 7. The average molecular weight is 432 g/mol. The van der Waals surface area contributed by atoms with Gasteiger partial charge in [-0.25, -0.2) is 0 Å². The minimum atomic E-state index is -6.10. The molecule has 0 saturated heterocycles. The van der Waals surface area contributed by atoms with E-state index in [1.165, 1.54) is 32.0 Å². The Morgan fingerprint density at radius 2 is 1.71 bits per heavy atom. The van der Waals surface area contributed by atoms with Gasteiger partial charge in [0, 0.05) is 5.56 Å². The third kappa shape index (κ3) is 3.76. The van der Waals surface area contributed by atoms with Crippen LogP contribution >= 0.6 is 7.60 Å². The summed E-state index contributed by atoms with van der Waals surface area (Å²) in [6.07, 6.45) is -8.28. The lowest BCUT2D eigenvalue weighted by atomic mass is 10.0. The maximum atomic E-state index is 14.3. The van der Waals surface area contributed by atoms with Gasteiger partial charge in [0.1, 0.15) is 11.4 Å². The number of allylic oxidation sites excluding steroid dienone is 1. The van der Waals surface area contributed by atoms with Crippen LogP contribution in [0.25, 0.3) is 0 Å². The molecule has 1 aromatic rings. The molecule has 1 atom stereocenters. The summed E-state index contributed by atoms with van der Waals surface area (Å²) in [5.41, 5.74) is -0.226. The van der Waals surface area contributed by atoms with E-state index in [-0.39, 0.29) is 24.5 Å². The lowest BCUT2D eigenvalue weighted by molar-refractivity contribution is -0.273. The zero-order chi connectivity index (χ0) is 21.3. The molecule has 28 heavy (non-hydrogen) atoms. The van der Waals surface area contributed by atoms with Crippen molar-refractivity contribution in [3.63, 3.8) is 0 Å². The number of benzene rings is 1. The van der Waals surface area contributed by atoms with Crippen molar-refractivity contribution < 1.29 is 50.1 Å². The number of fused-ring (bicyclic) bond motifs is 1. The number of ether oxygens (including phenoxy) is 2. The van der Waals surface area contributed by atoms with Crippen molar-refractivity contribution >= 4 is 7.60 Å². The monoisotopic (exact) mass is 432 g/mol. The summed E-state index contributed by atoms with van der Waals surface area (Å²) in [6, 6.07) is 3.79. The number of hydrogen-bond acceptors (Lipinski definition) is 6. The Kier molecular flexibility index (Phi) is 6.44. The molecule has 0 aromatic heterocycles. The third-order valence-corrected chi connectivity index (χ3v) is 5.99. The molecule has 6 nitrogen and oxygen atoms in total. The zero-order valence-corrected chi connectivity index (χ0v) is 15.9. The summed E-state index contributed by atoms with van der Waals surface area (Å²) < 4.78 is 100. The van der Waals surface area contributed by atoms with E-state index in [0.717, 1.165) is 7.11 Å². The van der Waals surface area contributed by atoms with Crippen LogP contribution in [0, 0.1) is 0 Å². The van der Waals surface area contributed by atoms with Gasteiger partial charge in [-0.1, -0.05) is 12.1 Å². The highest BCUT2D eigenvalue weighted by molar-refractivity contribution is 7.58. The second kappa shape index (κ2) is 7.98. The van der Waals surface area contributed by atoms with Crippen LogP contribution in [0.4, 0.5) is 22.0 Å². The number of hydrogen-bond donors (Lipinski definition) is 1. The minimum absolute atomic E-state index is 0.200. The standard InChI is InChI=1S/C16H18F5O6P/c1-4-25-28(23,26-5-2)13-11(22)9-7-6-8-10(24-3)12(9)27-14(13)15(17,18)16(19,20)21/h6-8,11,22H,4-5H2,1-3H3. The first kappa shape index (κ1) is 22.6. The quantitative estimate of drug-likeness (QED) is 0.493. The van der Waals surface area contributed by atoms with Crippen LogP contribution in [-0.4, -0.2) is 37.5 Å². The summed E-state index contributed by atoms with van der Waals surface area (Å²) in [6.45, 7) is 1.98. The van der Waals surface area contributed by atoms with Crippen molar-refractivity contribution in [1.82, 2.24) is 0 Å². The van der Waals surface area contributed by atoms with Gasteiger partial charge in [-0.05, 0) is 19.9 Å². The van der Waals surface area contributed by atoms with Crippen LogP contribution in [0.1, 0.15) is 25.5 Å². The fourth-order valence-corrected chi connectivity index (χ4v) is 4.49. The average Bonchev–Trinajstić information content (AvgIpc) is 2.60. The van der Waals surface area contributed by atoms with Crippen molar-refractivity contribution in [2.45, 2.75) is 32.1 Å². The molecule has 1 N–H and O–H groups in total. The van der Waals surface area contributed by atoms with Gasteiger partial charge in [0.2, 0.25) is 0 Å². The Bertz CT molecular complexity index is 797. The molecular formula is C16H18F5O6P. The van der Waals surface area contributed by atoms with Crippen LogP contribution < -0.4 is 9.47 Å². The molecule has 1 aliphatic heterocycles. The van der Waals surface area contributed by atoms with E-state index in [1.807, 2.05) is 0 Å². The lowest BCUT2D eigenvalue weighted by Gasteiger charge is -2.34. The SMILES string of the molecule is CCOP(=O)(OCC)C1=C(C(F)(F)C(F)(F)F)Oc2c(OC)cccc2C1O. The van der Waals surface area contributed by atoms with E-state index in [1.54, 1.807) is 0 Å². The Labute approximate surface area is 157 Å². The van der Waals surface area contributed by atoms with Gasteiger partial charge in [0.25, 0.3) is 0 Å². The number of halogens is 5. The van der Waals surface area contributed by atoms with E-state index in [9.17, 15) is 31.6 Å². The van der Waals surface area contributed by atoms with Crippen molar-refractivity contribution in [1.29, 1.82) is 0 Å². The highest BCUT2D eigenvalue weighted by atomic mass is 31.2. The highest BCUT2D eigenvalue weighted by Crippen LogP contribution is 2.66. The molecular weight excluding hydrogens is 414 g/mol. The maximum Gasteiger partial charge on any atom is 0.461 e. The van der Waals surface area contributed by atoms with Gasteiger partial charge in [0.15, 0.2) is 17.3 Å². The fraction of sp³-hybridized carbons (Fsp3) is 0.500. The predicted octanol–water partition coefficient (Wildman–Crippen LogP) is 4.80. The summed E-state index contributed by atoms with van der Waals surface area (Å²) >= 11 is 0. The highest BCUT2D eigenvalue weighted by Gasteiger charge is 2.65. The van der Waals surface area contributed by atoms with Crippen LogP contribution in [0.2, 0.25) is 0 Å². The first-order valence-corrected chi connectivity index (χ1v) is 9.60.